The number of aromatic nitrogens is 3. The summed E-state index contributed by atoms with van der Waals surface area (Å²) in [5.74, 6) is 0.206. The summed E-state index contributed by atoms with van der Waals surface area (Å²) in [6, 6.07) is 17.2. The normalized spacial score (nSPS) is 14.1. The highest BCUT2D eigenvalue weighted by Crippen LogP contribution is 2.28. The van der Waals surface area contributed by atoms with Gasteiger partial charge in [-0.1, -0.05) is 30.3 Å². The standard InChI is InChI=1S/C23H21N5O2S/c29-21-9-5-4-8-20(21)26-10-12-27(13-11-26)23(30)19-16-31-22(25-19)17-14-24-28(15-17)18-6-2-1-3-7-18/h1-9,14-16,29H,10-13H2. The van der Waals surface area contributed by atoms with Crippen LogP contribution in [0.1, 0.15) is 10.5 Å². The lowest BCUT2D eigenvalue weighted by atomic mass is 10.2. The molecule has 0 radical (unpaired) electrons. The minimum absolute atomic E-state index is 0.0603. The van der Waals surface area contributed by atoms with Gasteiger partial charge in [-0.05, 0) is 24.3 Å². The lowest BCUT2D eigenvalue weighted by Gasteiger charge is -2.36. The van der Waals surface area contributed by atoms with E-state index in [9.17, 15) is 9.90 Å². The Morgan fingerprint density at radius 3 is 2.48 bits per heavy atom. The molecule has 1 N–H and O–H groups in total. The van der Waals surface area contributed by atoms with Gasteiger partial charge >= 0.3 is 0 Å². The van der Waals surface area contributed by atoms with E-state index in [-0.39, 0.29) is 11.7 Å². The molecule has 1 aliphatic heterocycles. The zero-order valence-corrected chi connectivity index (χ0v) is 17.6. The highest BCUT2D eigenvalue weighted by Gasteiger charge is 2.25. The van der Waals surface area contributed by atoms with Crippen LogP contribution in [0.2, 0.25) is 0 Å². The van der Waals surface area contributed by atoms with Crippen LogP contribution in [0, 0.1) is 0 Å². The Kier molecular flexibility index (Phi) is 5.13. The first-order chi connectivity index (χ1) is 15.2. The van der Waals surface area contributed by atoms with Crippen LogP contribution >= 0.6 is 11.3 Å². The zero-order chi connectivity index (χ0) is 21.2. The predicted molar refractivity (Wildman–Crippen MR) is 121 cm³/mol. The van der Waals surface area contributed by atoms with E-state index in [1.54, 1.807) is 16.9 Å². The summed E-state index contributed by atoms with van der Waals surface area (Å²) in [7, 11) is 0. The number of phenolic OH excluding ortho intramolecular Hbond substituents is 1. The Morgan fingerprint density at radius 2 is 1.71 bits per heavy atom. The molecule has 2 aromatic heterocycles. The van der Waals surface area contributed by atoms with Crippen molar-refractivity contribution in [3.63, 3.8) is 0 Å². The van der Waals surface area contributed by atoms with Gasteiger partial charge in [0, 0.05) is 43.3 Å². The van der Waals surface area contributed by atoms with E-state index in [2.05, 4.69) is 15.0 Å². The maximum absolute atomic E-state index is 13.0. The molecule has 1 amide bonds. The molecule has 31 heavy (non-hydrogen) atoms. The number of carbonyl (C=O) groups is 1. The van der Waals surface area contributed by atoms with Gasteiger partial charge in [-0.3, -0.25) is 4.79 Å². The van der Waals surface area contributed by atoms with E-state index in [1.807, 2.05) is 65.0 Å². The van der Waals surface area contributed by atoms with Crippen LogP contribution in [0.3, 0.4) is 0 Å². The van der Waals surface area contributed by atoms with E-state index in [0.717, 1.165) is 21.9 Å². The molecule has 7 nitrogen and oxygen atoms in total. The number of aromatic hydroxyl groups is 1. The van der Waals surface area contributed by atoms with Gasteiger partial charge in [-0.15, -0.1) is 11.3 Å². The van der Waals surface area contributed by atoms with Gasteiger partial charge in [-0.25, -0.2) is 9.67 Å². The fourth-order valence-corrected chi connectivity index (χ4v) is 4.47. The second-order valence-electron chi connectivity index (χ2n) is 7.31. The van der Waals surface area contributed by atoms with Gasteiger partial charge in [0.25, 0.3) is 5.91 Å². The second-order valence-corrected chi connectivity index (χ2v) is 8.17. The Morgan fingerprint density at radius 1 is 0.968 bits per heavy atom. The number of rotatable bonds is 4. The average molecular weight is 432 g/mol. The molecule has 3 heterocycles. The summed E-state index contributed by atoms with van der Waals surface area (Å²) >= 11 is 1.45. The summed E-state index contributed by atoms with van der Waals surface area (Å²) in [6.45, 7) is 2.52. The Balaban J connectivity index is 1.26. The monoisotopic (exact) mass is 431 g/mol. The predicted octanol–water partition coefficient (Wildman–Crippen LogP) is 3.66. The molecule has 1 saturated heterocycles. The van der Waals surface area contributed by atoms with E-state index in [4.69, 9.17) is 0 Å². The number of amides is 1. The van der Waals surface area contributed by atoms with Gasteiger partial charge < -0.3 is 14.9 Å². The number of phenols is 1. The van der Waals surface area contributed by atoms with E-state index >= 15 is 0 Å². The molecular weight excluding hydrogens is 410 g/mol. The minimum Gasteiger partial charge on any atom is -0.506 e. The lowest BCUT2D eigenvalue weighted by Crippen LogP contribution is -2.48. The van der Waals surface area contributed by atoms with Crippen LogP contribution in [-0.4, -0.2) is 56.9 Å². The van der Waals surface area contributed by atoms with Crippen molar-refractivity contribution < 1.29 is 9.90 Å². The molecule has 0 aliphatic carbocycles. The molecule has 1 aliphatic rings. The first kappa shape index (κ1) is 19.3. The molecule has 5 rings (SSSR count). The van der Waals surface area contributed by atoms with Crippen LogP contribution in [-0.2, 0) is 0 Å². The van der Waals surface area contributed by atoms with Gasteiger partial charge in [0.2, 0.25) is 0 Å². The van der Waals surface area contributed by atoms with Crippen LogP contribution in [0.25, 0.3) is 16.3 Å². The van der Waals surface area contributed by atoms with Crippen molar-refractivity contribution in [2.24, 2.45) is 0 Å². The van der Waals surface area contributed by atoms with Crippen molar-refractivity contribution in [3.8, 4) is 22.0 Å². The number of carbonyl (C=O) groups excluding carboxylic acids is 1. The van der Waals surface area contributed by atoms with Crippen molar-refractivity contribution in [2.75, 3.05) is 31.1 Å². The fourth-order valence-electron chi connectivity index (χ4n) is 3.70. The smallest absolute Gasteiger partial charge is 0.273 e. The van der Waals surface area contributed by atoms with Gasteiger partial charge in [0.1, 0.15) is 16.5 Å². The van der Waals surface area contributed by atoms with Crippen molar-refractivity contribution >= 4 is 22.9 Å². The third-order valence-electron chi connectivity index (χ3n) is 5.36. The van der Waals surface area contributed by atoms with Crippen LogP contribution < -0.4 is 4.90 Å². The number of benzene rings is 2. The van der Waals surface area contributed by atoms with E-state index in [1.165, 1.54) is 11.3 Å². The third kappa shape index (κ3) is 3.89. The molecule has 1 fully saturated rings. The van der Waals surface area contributed by atoms with E-state index in [0.29, 0.717) is 31.9 Å². The molecule has 0 saturated carbocycles. The average Bonchev–Trinajstić information content (AvgIpc) is 3.50. The third-order valence-corrected chi connectivity index (χ3v) is 6.25. The van der Waals surface area contributed by atoms with Gasteiger partial charge in [-0.2, -0.15) is 5.10 Å². The Hall–Kier alpha value is -3.65. The second kappa shape index (κ2) is 8.23. The first-order valence-electron chi connectivity index (χ1n) is 10.1. The molecule has 2 aromatic carbocycles. The fraction of sp³-hybridized carbons (Fsp3) is 0.174. The summed E-state index contributed by atoms with van der Waals surface area (Å²) in [4.78, 5) is 21.5. The molecule has 8 heteroatoms. The van der Waals surface area contributed by atoms with Gasteiger partial charge in [0.15, 0.2) is 0 Å². The number of thiazole rings is 1. The molecule has 0 spiro atoms. The summed E-state index contributed by atoms with van der Waals surface area (Å²) in [6.07, 6.45) is 3.69. The van der Waals surface area contributed by atoms with Crippen LogP contribution in [0.4, 0.5) is 5.69 Å². The van der Waals surface area contributed by atoms with Gasteiger partial charge in [0.05, 0.1) is 17.6 Å². The largest absolute Gasteiger partial charge is 0.506 e. The zero-order valence-electron chi connectivity index (χ0n) is 16.8. The van der Waals surface area contributed by atoms with Crippen LogP contribution in [0.15, 0.2) is 72.4 Å². The van der Waals surface area contributed by atoms with Crippen molar-refractivity contribution in [1.29, 1.82) is 0 Å². The minimum atomic E-state index is -0.0603. The number of para-hydroxylation sites is 3. The molecule has 4 aromatic rings. The van der Waals surface area contributed by atoms with Crippen molar-refractivity contribution in [2.45, 2.75) is 0 Å². The lowest BCUT2D eigenvalue weighted by molar-refractivity contribution is 0.0741. The van der Waals surface area contributed by atoms with E-state index < -0.39 is 0 Å². The molecule has 0 unspecified atom stereocenters. The molecular formula is C23H21N5O2S. The highest BCUT2D eigenvalue weighted by atomic mass is 32.1. The number of hydrogen-bond acceptors (Lipinski definition) is 6. The van der Waals surface area contributed by atoms with Crippen molar-refractivity contribution in [3.05, 3.63) is 78.1 Å². The topological polar surface area (TPSA) is 74.5 Å². The number of piperazine rings is 1. The summed E-state index contributed by atoms with van der Waals surface area (Å²) in [5, 5.41) is 17.1. The molecule has 0 atom stereocenters. The quantitative estimate of drug-likeness (QED) is 0.534. The highest BCUT2D eigenvalue weighted by molar-refractivity contribution is 7.13. The maximum Gasteiger partial charge on any atom is 0.273 e. The number of anilines is 1. The maximum atomic E-state index is 13.0. The van der Waals surface area contributed by atoms with Crippen LogP contribution in [0.5, 0.6) is 5.75 Å². The Bertz CT molecular complexity index is 1200. The van der Waals surface area contributed by atoms with Crippen molar-refractivity contribution in [1.82, 2.24) is 19.7 Å². The summed E-state index contributed by atoms with van der Waals surface area (Å²) < 4.78 is 1.80. The summed E-state index contributed by atoms with van der Waals surface area (Å²) in [5.41, 5.74) is 3.13. The Labute approximate surface area is 183 Å². The first-order valence-corrected chi connectivity index (χ1v) is 11.0. The number of nitrogens with zero attached hydrogens (tertiary/aromatic N) is 5. The SMILES string of the molecule is O=C(c1csc(-c2cnn(-c3ccccc3)c2)n1)N1CCN(c2ccccc2O)CC1. The number of hydrogen-bond donors (Lipinski definition) is 1. The molecule has 156 valence electrons. The molecule has 0 bridgehead atoms.